The van der Waals surface area contributed by atoms with E-state index in [1.165, 1.54) is 12.7 Å². The molecule has 0 bridgehead atoms. The molecule has 0 fully saturated rings. The van der Waals surface area contributed by atoms with Crippen LogP contribution < -0.4 is 10.1 Å². The van der Waals surface area contributed by atoms with Gasteiger partial charge in [-0.3, -0.25) is 4.79 Å². The van der Waals surface area contributed by atoms with Crippen molar-refractivity contribution in [1.82, 2.24) is 14.9 Å². The third-order valence-corrected chi connectivity index (χ3v) is 7.09. The Morgan fingerprint density at radius 2 is 1.70 bits per heavy atom. The Hall–Kier alpha value is -4.13. The molecule has 0 saturated heterocycles. The first-order chi connectivity index (χ1) is 18.8. The number of methoxy groups -OCH3 is 1. The van der Waals surface area contributed by atoms with Crippen LogP contribution in [0.4, 0.5) is 0 Å². The van der Waals surface area contributed by atoms with Crippen molar-refractivity contribution >= 4 is 22.9 Å². The highest BCUT2D eigenvalue weighted by atomic mass is 16.6. The van der Waals surface area contributed by atoms with Crippen molar-refractivity contribution in [1.29, 1.82) is 0 Å². The van der Waals surface area contributed by atoms with E-state index in [0.29, 0.717) is 17.9 Å². The summed E-state index contributed by atoms with van der Waals surface area (Å²) in [5, 5.41) is 3.13. The van der Waals surface area contributed by atoms with Gasteiger partial charge in [-0.15, -0.1) is 0 Å². The van der Waals surface area contributed by atoms with Crippen LogP contribution in [0.15, 0.2) is 66.7 Å². The van der Waals surface area contributed by atoms with Crippen LogP contribution in [-0.2, 0) is 21.5 Å². The second-order valence-corrected chi connectivity index (χ2v) is 11.8. The first kappa shape index (κ1) is 28.9. The number of esters is 1. The molecule has 1 aromatic heterocycles. The van der Waals surface area contributed by atoms with Crippen molar-refractivity contribution in [3.63, 3.8) is 0 Å². The van der Waals surface area contributed by atoms with Gasteiger partial charge in [-0.05, 0) is 80.1 Å². The average molecular weight is 542 g/mol. The lowest BCUT2D eigenvalue weighted by Gasteiger charge is -2.23. The molecule has 0 aliphatic rings. The molecule has 1 amide bonds. The van der Waals surface area contributed by atoms with Gasteiger partial charge >= 0.3 is 5.97 Å². The molecule has 7 heteroatoms. The van der Waals surface area contributed by atoms with Crippen molar-refractivity contribution < 1.29 is 19.1 Å². The number of rotatable bonds is 8. The summed E-state index contributed by atoms with van der Waals surface area (Å²) < 4.78 is 12.9. The molecule has 1 N–H and O–H groups in total. The van der Waals surface area contributed by atoms with E-state index in [1.807, 2.05) is 68.4 Å². The second-order valence-electron chi connectivity index (χ2n) is 11.8. The zero-order valence-electron chi connectivity index (χ0n) is 24.7. The first-order valence-electron chi connectivity index (χ1n) is 13.5. The number of carbonyl (C=O) groups excluding carboxylic acids is 2. The van der Waals surface area contributed by atoms with Gasteiger partial charge in [0, 0.05) is 12.1 Å². The maximum absolute atomic E-state index is 13.2. The molecule has 1 heterocycles. The largest absolute Gasteiger partial charge is 0.476 e. The third-order valence-electron chi connectivity index (χ3n) is 7.09. The van der Waals surface area contributed by atoms with Crippen LogP contribution in [0, 0.1) is 6.92 Å². The van der Waals surface area contributed by atoms with Gasteiger partial charge in [0.05, 0.1) is 24.2 Å². The fourth-order valence-electron chi connectivity index (χ4n) is 4.70. The Kier molecular flexibility index (Phi) is 8.05. The monoisotopic (exact) mass is 541 g/mol. The summed E-state index contributed by atoms with van der Waals surface area (Å²) in [6.07, 6.45) is 0. The zero-order chi connectivity index (χ0) is 29.2. The van der Waals surface area contributed by atoms with Gasteiger partial charge in [0.2, 0.25) is 0 Å². The van der Waals surface area contributed by atoms with Crippen LogP contribution in [0.2, 0.25) is 0 Å². The Labute approximate surface area is 236 Å². The lowest BCUT2D eigenvalue weighted by Crippen LogP contribution is -2.39. The van der Waals surface area contributed by atoms with Crippen LogP contribution in [0.5, 0.6) is 5.75 Å². The summed E-state index contributed by atoms with van der Waals surface area (Å²) in [6.45, 7) is 14.4. The van der Waals surface area contributed by atoms with Crippen LogP contribution in [-0.4, -0.2) is 34.1 Å². The van der Waals surface area contributed by atoms with E-state index < -0.39 is 11.6 Å². The summed E-state index contributed by atoms with van der Waals surface area (Å²) in [5.74, 6) is 0.833. The van der Waals surface area contributed by atoms with Crippen molar-refractivity contribution in [2.75, 3.05) is 7.11 Å². The Bertz CT molecular complexity index is 1550. The van der Waals surface area contributed by atoms with Crippen LogP contribution in [0.3, 0.4) is 0 Å². The molecule has 4 rings (SSSR count). The first-order valence-corrected chi connectivity index (χ1v) is 13.5. The van der Waals surface area contributed by atoms with E-state index in [-0.39, 0.29) is 17.4 Å². The zero-order valence-corrected chi connectivity index (χ0v) is 24.7. The van der Waals surface area contributed by atoms with Crippen molar-refractivity contribution in [3.8, 4) is 5.75 Å². The number of ether oxygens (including phenoxy) is 2. The molecule has 0 aliphatic carbocycles. The quantitative estimate of drug-likeness (QED) is 0.257. The van der Waals surface area contributed by atoms with E-state index in [0.717, 1.165) is 28.0 Å². The van der Waals surface area contributed by atoms with Gasteiger partial charge < -0.3 is 19.4 Å². The van der Waals surface area contributed by atoms with E-state index in [4.69, 9.17) is 14.5 Å². The summed E-state index contributed by atoms with van der Waals surface area (Å²) >= 11 is 0. The van der Waals surface area contributed by atoms with Gasteiger partial charge in [-0.25, -0.2) is 9.78 Å². The number of aromatic nitrogens is 2. The molecule has 0 spiro atoms. The number of nitrogens with zero attached hydrogens (tertiary/aromatic N) is 2. The Balaban J connectivity index is 1.52. The molecule has 0 radical (unpaired) electrons. The number of nitrogens with one attached hydrogen (secondary N) is 1. The minimum absolute atomic E-state index is 0.0372. The summed E-state index contributed by atoms with van der Waals surface area (Å²) in [7, 11) is 1.35. The molecule has 210 valence electrons. The molecule has 0 saturated carbocycles. The van der Waals surface area contributed by atoms with Crippen molar-refractivity contribution in [2.45, 2.75) is 72.1 Å². The van der Waals surface area contributed by atoms with E-state index in [9.17, 15) is 9.59 Å². The normalized spacial score (nSPS) is 12.7. The Morgan fingerprint density at radius 1 is 0.975 bits per heavy atom. The van der Waals surface area contributed by atoms with Gasteiger partial charge in [0.25, 0.3) is 5.91 Å². The van der Waals surface area contributed by atoms with Crippen molar-refractivity contribution in [3.05, 3.63) is 94.8 Å². The number of imidazole rings is 1. The van der Waals surface area contributed by atoms with Gasteiger partial charge in [-0.2, -0.15) is 0 Å². The third kappa shape index (κ3) is 6.36. The van der Waals surface area contributed by atoms with Crippen LogP contribution in [0.1, 0.15) is 80.5 Å². The van der Waals surface area contributed by atoms with Crippen molar-refractivity contribution in [2.24, 2.45) is 0 Å². The van der Waals surface area contributed by atoms with Gasteiger partial charge in [0.1, 0.15) is 11.6 Å². The lowest BCUT2D eigenvalue weighted by molar-refractivity contribution is -0.156. The van der Waals surface area contributed by atoms with Gasteiger partial charge in [0.15, 0.2) is 5.60 Å². The highest BCUT2D eigenvalue weighted by molar-refractivity contribution is 5.97. The molecule has 1 atom stereocenters. The molecule has 3 aromatic carbocycles. The molecular formula is C33H39N3O4. The highest BCUT2D eigenvalue weighted by Crippen LogP contribution is 2.26. The maximum Gasteiger partial charge on any atom is 0.349 e. The minimum atomic E-state index is -1.10. The summed E-state index contributed by atoms with van der Waals surface area (Å²) in [6, 6.07) is 21.5. The number of benzene rings is 3. The van der Waals surface area contributed by atoms with E-state index in [2.05, 4.69) is 42.8 Å². The lowest BCUT2D eigenvalue weighted by atomic mass is 9.85. The number of carbonyl (C=O) groups is 2. The maximum atomic E-state index is 13.2. The number of aryl methyl sites for hydroxylation is 1. The summed E-state index contributed by atoms with van der Waals surface area (Å²) in [5.41, 5.74) is 4.49. The van der Waals surface area contributed by atoms with Crippen LogP contribution in [0.25, 0.3) is 11.0 Å². The molecule has 40 heavy (non-hydrogen) atoms. The predicted octanol–water partition coefficient (Wildman–Crippen LogP) is 6.51. The number of amides is 1. The fraction of sp³-hybridized carbons (Fsp3) is 0.364. The minimum Gasteiger partial charge on any atom is -0.476 e. The fourth-order valence-corrected chi connectivity index (χ4v) is 4.70. The Morgan fingerprint density at radius 3 is 2.40 bits per heavy atom. The van der Waals surface area contributed by atoms with Gasteiger partial charge in [-0.1, -0.05) is 57.2 Å². The highest BCUT2D eigenvalue weighted by Gasteiger charge is 2.31. The smallest absolute Gasteiger partial charge is 0.349 e. The number of fused-ring (bicyclic) bond motifs is 1. The van der Waals surface area contributed by atoms with Crippen LogP contribution >= 0.6 is 0 Å². The predicted molar refractivity (Wildman–Crippen MR) is 158 cm³/mol. The van der Waals surface area contributed by atoms with E-state index in [1.54, 1.807) is 13.8 Å². The number of hydrogen-bond acceptors (Lipinski definition) is 5. The molecule has 0 unspecified atom stereocenters. The molecule has 4 aromatic rings. The molecular weight excluding hydrogens is 502 g/mol. The average Bonchev–Trinajstić information content (AvgIpc) is 3.21. The number of hydrogen-bond donors (Lipinski definition) is 1. The summed E-state index contributed by atoms with van der Waals surface area (Å²) in [4.78, 5) is 29.9. The molecule has 7 nitrogen and oxygen atoms in total. The molecule has 0 aliphatic heterocycles. The topological polar surface area (TPSA) is 82.5 Å². The second kappa shape index (κ2) is 11.2. The SMILES string of the molecule is COC(=O)C(C)(C)Oc1cccc(Cn2c(C)nc3cc(C(=O)N[C@@H](C)c4cccc(C(C)(C)C)c4)ccc32)c1. The van der Waals surface area contributed by atoms with E-state index >= 15 is 0 Å². The standard InChI is InChI=1S/C33H39N3O4/c1-21(24-12-10-13-26(18-24)32(3,4)5)34-30(37)25-15-16-29-28(19-25)35-22(2)36(29)20-23-11-9-14-27(17-23)40-33(6,7)31(38)39-8/h9-19,21H,20H2,1-8H3,(H,34,37)/t21-/m0/s1.